The Balaban J connectivity index is 1.24. The largest absolute Gasteiger partial charge is 0.322 e. The summed E-state index contributed by atoms with van der Waals surface area (Å²) < 4.78 is 1.91. The van der Waals surface area contributed by atoms with Crippen molar-refractivity contribution in [2.75, 3.05) is 11.1 Å². The number of aryl methyl sites for hydroxylation is 1. The first kappa shape index (κ1) is 22.9. The summed E-state index contributed by atoms with van der Waals surface area (Å²) in [6, 6.07) is 20.9. The summed E-state index contributed by atoms with van der Waals surface area (Å²) in [5, 5.41) is 14.7. The number of nitro benzene ring substituents is 1. The Kier molecular flexibility index (Phi) is 6.37. The third-order valence-corrected chi connectivity index (χ3v) is 7.24. The lowest BCUT2D eigenvalue weighted by Crippen LogP contribution is -2.18. The molecular weight excluding hydrogens is 462 g/mol. The fourth-order valence-electron chi connectivity index (χ4n) is 4.56. The van der Waals surface area contributed by atoms with E-state index >= 15 is 0 Å². The number of carbonyl (C=O) groups excluding carboxylic acids is 2. The van der Waals surface area contributed by atoms with E-state index in [0.717, 1.165) is 41.8 Å². The molecule has 1 aromatic heterocycles. The van der Waals surface area contributed by atoms with Gasteiger partial charge in [-0.05, 0) is 73.7 Å². The first-order chi connectivity index (χ1) is 17.0. The minimum atomic E-state index is -0.504. The fourth-order valence-corrected chi connectivity index (χ4v) is 5.31. The minimum Gasteiger partial charge on any atom is -0.322 e. The predicted molar refractivity (Wildman–Crippen MR) is 137 cm³/mol. The van der Waals surface area contributed by atoms with Crippen LogP contribution in [0.5, 0.6) is 0 Å². The molecule has 0 atom stereocenters. The number of nitrogens with one attached hydrogen (secondary N) is 1. The van der Waals surface area contributed by atoms with Crippen molar-refractivity contribution >= 4 is 45.9 Å². The summed E-state index contributed by atoms with van der Waals surface area (Å²) in [5.74, 6) is 0.0456. The van der Waals surface area contributed by atoms with Crippen LogP contribution in [0, 0.1) is 10.1 Å². The minimum absolute atomic E-state index is 0.0640. The summed E-state index contributed by atoms with van der Waals surface area (Å²) in [7, 11) is 0. The van der Waals surface area contributed by atoms with E-state index < -0.39 is 4.92 Å². The van der Waals surface area contributed by atoms with Gasteiger partial charge in [-0.2, -0.15) is 0 Å². The molecule has 0 aliphatic heterocycles. The van der Waals surface area contributed by atoms with E-state index in [1.807, 2.05) is 34.9 Å². The summed E-state index contributed by atoms with van der Waals surface area (Å²) in [6.07, 6.45) is 4.23. The molecule has 1 aliphatic rings. The van der Waals surface area contributed by atoms with Crippen molar-refractivity contribution in [3.05, 3.63) is 99.7 Å². The molecule has 8 heteroatoms. The van der Waals surface area contributed by atoms with Crippen LogP contribution in [-0.2, 0) is 12.8 Å². The molecule has 0 radical (unpaired) electrons. The van der Waals surface area contributed by atoms with E-state index in [1.165, 1.54) is 47.0 Å². The van der Waals surface area contributed by atoms with Crippen molar-refractivity contribution in [3.8, 4) is 0 Å². The maximum Gasteiger partial charge on any atom is 0.269 e. The van der Waals surface area contributed by atoms with Crippen LogP contribution in [0.3, 0.4) is 0 Å². The summed E-state index contributed by atoms with van der Waals surface area (Å²) in [6.45, 7) is 0. The van der Waals surface area contributed by atoms with E-state index in [-0.39, 0.29) is 17.5 Å². The first-order valence-electron chi connectivity index (χ1n) is 11.4. The monoisotopic (exact) mass is 485 g/mol. The second-order valence-corrected chi connectivity index (χ2v) is 9.50. The smallest absolute Gasteiger partial charge is 0.269 e. The highest BCUT2D eigenvalue weighted by Gasteiger charge is 2.23. The van der Waals surface area contributed by atoms with Gasteiger partial charge in [-0.1, -0.05) is 18.2 Å². The lowest BCUT2D eigenvalue weighted by molar-refractivity contribution is -0.384. The Hall–Kier alpha value is -3.91. The van der Waals surface area contributed by atoms with Crippen molar-refractivity contribution in [1.29, 1.82) is 0 Å². The average Bonchev–Trinajstić information content (AvgIpc) is 3.23. The van der Waals surface area contributed by atoms with Gasteiger partial charge in [-0.3, -0.25) is 24.3 Å². The molecule has 1 aliphatic carbocycles. The molecule has 5 rings (SSSR count). The van der Waals surface area contributed by atoms with Crippen LogP contribution in [0.25, 0.3) is 10.9 Å². The highest BCUT2D eigenvalue weighted by Crippen LogP contribution is 2.33. The molecule has 0 bridgehead atoms. The maximum atomic E-state index is 13.2. The normalized spacial score (nSPS) is 12.8. The second-order valence-electron chi connectivity index (χ2n) is 8.45. The Labute approximate surface area is 206 Å². The number of amides is 1. The van der Waals surface area contributed by atoms with Gasteiger partial charge >= 0.3 is 0 Å². The Morgan fingerprint density at radius 1 is 0.943 bits per heavy atom. The number of hydrogen-bond acceptors (Lipinski definition) is 5. The van der Waals surface area contributed by atoms with Crippen molar-refractivity contribution in [1.82, 2.24) is 4.57 Å². The van der Waals surface area contributed by atoms with Crippen LogP contribution in [0.1, 0.15) is 39.3 Å². The number of aromatic nitrogens is 1. The molecule has 0 saturated heterocycles. The fraction of sp³-hybridized carbons (Fsp3) is 0.185. The lowest BCUT2D eigenvalue weighted by atomic mass is 9.96. The van der Waals surface area contributed by atoms with Gasteiger partial charge in [0.1, 0.15) is 0 Å². The van der Waals surface area contributed by atoms with Crippen LogP contribution >= 0.6 is 11.8 Å². The van der Waals surface area contributed by atoms with E-state index in [9.17, 15) is 19.7 Å². The zero-order chi connectivity index (χ0) is 24.4. The molecular formula is C27H23N3O4S. The van der Waals surface area contributed by atoms with Gasteiger partial charge in [0.05, 0.1) is 16.2 Å². The zero-order valence-electron chi connectivity index (χ0n) is 18.9. The third kappa shape index (κ3) is 4.70. The molecule has 35 heavy (non-hydrogen) atoms. The SMILES string of the molecule is O=C(Nc1ccc(SCC(=O)n2c3c(c4ccccc42)CCCC3)cc1)c1ccc([N+](=O)[O-])cc1. The number of fused-ring (bicyclic) bond motifs is 3. The Morgan fingerprint density at radius 2 is 1.66 bits per heavy atom. The summed E-state index contributed by atoms with van der Waals surface area (Å²) in [4.78, 5) is 36.9. The van der Waals surface area contributed by atoms with Gasteiger partial charge in [-0.25, -0.2) is 0 Å². The standard InChI is InChI=1S/C27H23N3O4S/c31-26(29-24-7-3-1-5-22(24)23-6-2-4-8-25(23)29)17-35-21-15-11-19(12-16-21)28-27(32)18-9-13-20(14-10-18)30(33)34/h1,3,5,7,9-16H,2,4,6,8,17H2,(H,28,32). The molecule has 0 spiro atoms. The number of nitro groups is 1. The van der Waals surface area contributed by atoms with Crippen LogP contribution in [0.2, 0.25) is 0 Å². The number of hydrogen-bond donors (Lipinski definition) is 1. The number of carbonyl (C=O) groups is 2. The summed E-state index contributed by atoms with van der Waals surface area (Å²) in [5.41, 5.74) is 4.35. The van der Waals surface area contributed by atoms with Gasteiger partial charge in [0.2, 0.25) is 5.91 Å². The van der Waals surface area contributed by atoms with Crippen LogP contribution in [0.15, 0.2) is 77.7 Å². The van der Waals surface area contributed by atoms with Gasteiger partial charge in [0.15, 0.2) is 0 Å². The van der Waals surface area contributed by atoms with Crippen LogP contribution in [0.4, 0.5) is 11.4 Å². The number of thioether (sulfide) groups is 1. The molecule has 0 fully saturated rings. The Morgan fingerprint density at radius 3 is 2.40 bits per heavy atom. The van der Waals surface area contributed by atoms with Gasteiger partial charge in [0, 0.05) is 39.4 Å². The molecule has 1 heterocycles. The molecule has 1 N–H and O–H groups in total. The van der Waals surface area contributed by atoms with Crippen LogP contribution < -0.4 is 5.32 Å². The summed E-state index contributed by atoms with van der Waals surface area (Å²) >= 11 is 1.47. The molecule has 176 valence electrons. The van der Waals surface area contributed by atoms with Crippen molar-refractivity contribution in [2.24, 2.45) is 0 Å². The molecule has 4 aromatic rings. The van der Waals surface area contributed by atoms with Gasteiger partial charge in [0.25, 0.3) is 11.6 Å². The predicted octanol–water partition coefficient (Wildman–Crippen LogP) is 6.11. The number of para-hydroxylation sites is 1. The van der Waals surface area contributed by atoms with E-state index in [2.05, 4.69) is 11.4 Å². The van der Waals surface area contributed by atoms with Gasteiger partial charge in [-0.15, -0.1) is 11.8 Å². The highest BCUT2D eigenvalue weighted by molar-refractivity contribution is 8.00. The van der Waals surface area contributed by atoms with Crippen molar-refractivity contribution < 1.29 is 14.5 Å². The quantitative estimate of drug-likeness (QED) is 0.202. The lowest BCUT2D eigenvalue weighted by Gasteiger charge is -2.15. The van der Waals surface area contributed by atoms with Crippen LogP contribution in [-0.4, -0.2) is 27.1 Å². The highest BCUT2D eigenvalue weighted by atomic mass is 32.2. The number of anilines is 1. The van der Waals surface area contributed by atoms with Crippen molar-refractivity contribution in [3.63, 3.8) is 0 Å². The molecule has 1 amide bonds. The first-order valence-corrected chi connectivity index (χ1v) is 12.4. The van der Waals surface area contributed by atoms with E-state index in [4.69, 9.17) is 0 Å². The molecule has 3 aromatic carbocycles. The molecule has 7 nitrogen and oxygen atoms in total. The number of rotatable bonds is 6. The third-order valence-electron chi connectivity index (χ3n) is 6.24. The topological polar surface area (TPSA) is 94.2 Å². The number of non-ortho nitro benzene ring substituents is 1. The maximum absolute atomic E-state index is 13.2. The second kappa shape index (κ2) is 9.76. The van der Waals surface area contributed by atoms with E-state index in [0.29, 0.717) is 17.0 Å². The zero-order valence-corrected chi connectivity index (χ0v) is 19.7. The number of benzene rings is 3. The average molecular weight is 486 g/mol. The van der Waals surface area contributed by atoms with Gasteiger partial charge < -0.3 is 5.32 Å². The molecule has 0 saturated carbocycles. The van der Waals surface area contributed by atoms with E-state index in [1.54, 1.807) is 12.1 Å². The van der Waals surface area contributed by atoms with Crippen molar-refractivity contribution in [2.45, 2.75) is 30.6 Å². The Bertz CT molecular complexity index is 1430. The number of nitrogens with zero attached hydrogens (tertiary/aromatic N) is 2. The molecule has 0 unspecified atom stereocenters.